The topological polar surface area (TPSA) is 182 Å². The van der Waals surface area contributed by atoms with Gasteiger partial charge in [-0.3, -0.25) is 24.1 Å². The van der Waals surface area contributed by atoms with Gasteiger partial charge in [0, 0.05) is 44.3 Å². The highest BCUT2D eigenvalue weighted by atomic mass is 32.1. The highest BCUT2D eigenvalue weighted by molar-refractivity contribution is 7.09. The summed E-state index contributed by atoms with van der Waals surface area (Å²) >= 11 is 1.49. The van der Waals surface area contributed by atoms with E-state index in [0.717, 1.165) is 17.0 Å². The molecule has 10 atom stereocenters. The molecular formula is C41H65N9O6S. The Balaban J connectivity index is 1.83. The molecule has 1 aliphatic heterocycles. The van der Waals surface area contributed by atoms with E-state index in [0.29, 0.717) is 25.8 Å². The second-order valence-electron chi connectivity index (χ2n) is 15.8. The van der Waals surface area contributed by atoms with Crippen molar-refractivity contribution in [3.63, 3.8) is 0 Å². The zero-order valence-corrected chi connectivity index (χ0v) is 36.4. The van der Waals surface area contributed by atoms with Crippen LogP contribution in [0.15, 0.2) is 47.0 Å². The number of hydrogen-bond donors (Lipinski definition) is 2. The molecule has 1 aromatic heterocycles. The van der Waals surface area contributed by atoms with Gasteiger partial charge in [0.05, 0.1) is 54.8 Å². The fourth-order valence-corrected chi connectivity index (χ4v) is 8.88. The normalized spacial score (nSPS) is 19.0. The summed E-state index contributed by atoms with van der Waals surface area (Å²) in [5, 5.41) is 12.6. The van der Waals surface area contributed by atoms with Crippen LogP contribution in [0.25, 0.3) is 10.4 Å². The fraction of sp³-hybridized carbons (Fsp3) is 0.683. The van der Waals surface area contributed by atoms with Gasteiger partial charge in [0.15, 0.2) is 0 Å². The summed E-state index contributed by atoms with van der Waals surface area (Å²) in [6, 6.07) is 6.13. The van der Waals surface area contributed by atoms with Crippen molar-refractivity contribution < 1.29 is 28.7 Å². The number of likely N-dealkylation sites (tertiary alicyclic amines) is 1. The third-order valence-electron chi connectivity index (χ3n) is 11.3. The van der Waals surface area contributed by atoms with Crippen molar-refractivity contribution in [2.75, 3.05) is 41.9 Å². The van der Waals surface area contributed by atoms with Gasteiger partial charge in [-0.15, -0.1) is 11.3 Å². The Labute approximate surface area is 342 Å². The number of carbonyl (C=O) groups excluding carboxylic acids is 4. The molecule has 2 heterocycles. The minimum absolute atomic E-state index is 0.0290. The molecule has 1 aliphatic rings. The number of thiazole rings is 1. The van der Waals surface area contributed by atoms with Crippen molar-refractivity contribution in [3.05, 3.63) is 62.9 Å². The first-order valence-electron chi connectivity index (χ1n) is 20.0. The molecule has 1 saturated heterocycles. The molecule has 0 radical (unpaired) electrons. The largest absolute Gasteiger partial charge is 0.379 e. The number of carbonyl (C=O) groups is 4. The zero-order valence-electron chi connectivity index (χ0n) is 35.6. The van der Waals surface area contributed by atoms with Gasteiger partial charge < -0.3 is 29.9 Å². The third-order valence-corrected chi connectivity index (χ3v) is 12.2. The summed E-state index contributed by atoms with van der Waals surface area (Å²) in [4.78, 5) is 68.7. The van der Waals surface area contributed by atoms with Gasteiger partial charge in [0.2, 0.25) is 23.6 Å². The predicted octanol–water partition coefficient (Wildman–Crippen LogP) is 5.23. The van der Waals surface area contributed by atoms with Crippen LogP contribution in [0.2, 0.25) is 0 Å². The van der Waals surface area contributed by atoms with Crippen LogP contribution in [0.1, 0.15) is 83.8 Å². The van der Waals surface area contributed by atoms with Gasteiger partial charge in [0.1, 0.15) is 11.0 Å². The van der Waals surface area contributed by atoms with E-state index in [-0.39, 0.29) is 48.1 Å². The van der Waals surface area contributed by atoms with Crippen molar-refractivity contribution in [1.82, 2.24) is 30.3 Å². The molecule has 316 valence electrons. The first kappa shape index (κ1) is 47.3. The first-order chi connectivity index (χ1) is 27.1. The number of methoxy groups -OCH3 is 2. The molecule has 1 aromatic carbocycles. The van der Waals surface area contributed by atoms with Gasteiger partial charge in [-0.2, -0.15) is 0 Å². The maximum absolute atomic E-state index is 14.4. The van der Waals surface area contributed by atoms with Gasteiger partial charge in [-0.1, -0.05) is 83.4 Å². The number of ether oxygens (including phenoxy) is 2. The number of amides is 4. The van der Waals surface area contributed by atoms with Gasteiger partial charge in [0.25, 0.3) is 0 Å². The van der Waals surface area contributed by atoms with E-state index in [1.807, 2.05) is 70.3 Å². The van der Waals surface area contributed by atoms with Crippen LogP contribution in [0.3, 0.4) is 0 Å². The predicted molar refractivity (Wildman–Crippen MR) is 222 cm³/mol. The molecule has 3 rings (SSSR count). The van der Waals surface area contributed by atoms with Crippen molar-refractivity contribution in [1.29, 1.82) is 0 Å². The van der Waals surface area contributed by atoms with Crippen LogP contribution in [0, 0.1) is 17.8 Å². The summed E-state index contributed by atoms with van der Waals surface area (Å²) in [6.07, 6.45) is 3.07. The van der Waals surface area contributed by atoms with E-state index in [2.05, 4.69) is 25.6 Å². The Bertz CT molecular complexity index is 1620. The Morgan fingerprint density at radius 1 is 1.04 bits per heavy atom. The molecule has 57 heavy (non-hydrogen) atoms. The van der Waals surface area contributed by atoms with Crippen molar-refractivity contribution >= 4 is 35.0 Å². The zero-order chi connectivity index (χ0) is 42.4. The Morgan fingerprint density at radius 2 is 1.72 bits per heavy atom. The van der Waals surface area contributed by atoms with Crippen LogP contribution in [0.4, 0.5) is 0 Å². The summed E-state index contributed by atoms with van der Waals surface area (Å²) < 4.78 is 12.0. The highest BCUT2D eigenvalue weighted by Gasteiger charge is 2.43. The lowest BCUT2D eigenvalue weighted by Crippen LogP contribution is -2.60. The first-order valence-corrected chi connectivity index (χ1v) is 20.9. The van der Waals surface area contributed by atoms with E-state index < -0.39 is 48.2 Å². The third kappa shape index (κ3) is 12.5. The van der Waals surface area contributed by atoms with E-state index in [1.54, 1.807) is 51.2 Å². The summed E-state index contributed by atoms with van der Waals surface area (Å²) in [6.45, 7) is 11.8. The van der Waals surface area contributed by atoms with Crippen LogP contribution in [-0.4, -0.2) is 128 Å². The van der Waals surface area contributed by atoms with Crippen LogP contribution in [-0.2, 0) is 35.1 Å². The van der Waals surface area contributed by atoms with Crippen LogP contribution in [0.5, 0.6) is 0 Å². The van der Waals surface area contributed by atoms with Crippen molar-refractivity contribution in [2.45, 2.75) is 122 Å². The standard InChI is InChI=1S/C41H65N9O6S/c1-12-26(4)36(49(9)41(54)34(28(6)46-47-42)45-39(53)35(25(2)3)48(7)8)32(55-10)24-33(51)50-21-16-19-31(50)37(56-11)27(5)38(52)44-30(40-43-20-22-57-40)23-29-17-14-13-15-18-29/h13-15,17-18,20,22,25-28,30-32,34-37H,12,16,19,21,23-24H2,1-11H3,(H,44,52)(H,45,53)/t26?,27?,28?,30?,31-,32?,34?,35?,36?,37?/m0/s1. The second kappa shape index (κ2) is 22.8. The van der Waals surface area contributed by atoms with Crippen LogP contribution < -0.4 is 10.6 Å². The molecule has 1 fully saturated rings. The number of azide groups is 1. The van der Waals surface area contributed by atoms with E-state index >= 15 is 0 Å². The average Bonchev–Trinajstić information content (AvgIpc) is 3.90. The smallest absolute Gasteiger partial charge is 0.245 e. The second-order valence-corrected chi connectivity index (χ2v) is 16.7. The Morgan fingerprint density at radius 3 is 2.26 bits per heavy atom. The lowest BCUT2D eigenvalue weighted by atomic mass is 9.89. The van der Waals surface area contributed by atoms with Crippen molar-refractivity contribution in [3.8, 4) is 0 Å². The molecule has 0 spiro atoms. The SMILES string of the molecule is CCC(C)C(C(CC(=O)N1CCC[C@H]1C(OC)C(C)C(=O)NC(Cc1ccccc1)c1nccs1)OC)N(C)C(=O)C(NC(=O)C(C(C)C)N(C)C)C(C)N=[N+]=[N-]. The van der Waals surface area contributed by atoms with E-state index in [9.17, 15) is 24.7 Å². The minimum atomic E-state index is -1.15. The quantitative estimate of drug-likeness (QED) is 0.0921. The molecule has 9 unspecified atom stereocenters. The van der Waals surface area contributed by atoms with Crippen molar-refractivity contribution in [2.24, 2.45) is 22.9 Å². The summed E-state index contributed by atoms with van der Waals surface area (Å²) in [5.74, 6) is -1.92. The Kier molecular flexibility index (Phi) is 18.9. The number of likely N-dealkylation sites (N-methyl/N-ethyl adjacent to an activating group) is 2. The van der Waals surface area contributed by atoms with E-state index in [4.69, 9.17) is 9.47 Å². The van der Waals surface area contributed by atoms with Gasteiger partial charge >= 0.3 is 0 Å². The molecule has 2 N–H and O–H groups in total. The number of rotatable bonds is 22. The Hall–Kier alpha value is -4.08. The van der Waals surface area contributed by atoms with Gasteiger partial charge in [-0.25, -0.2) is 4.98 Å². The molecular weight excluding hydrogens is 747 g/mol. The number of hydrogen-bond acceptors (Lipinski definition) is 10. The molecule has 4 amide bonds. The monoisotopic (exact) mass is 811 g/mol. The van der Waals surface area contributed by atoms with E-state index in [1.165, 1.54) is 23.3 Å². The average molecular weight is 812 g/mol. The molecule has 0 saturated carbocycles. The maximum atomic E-state index is 14.4. The molecule has 0 bridgehead atoms. The molecule has 0 aliphatic carbocycles. The molecule has 15 nitrogen and oxygen atoms in total. The number of aromatic nitrogens is 1. The minimum Gasteiger partial charge on any atom is -0.379 e. The van der Waals surface area contributed by atoms with Crippen LogP contribution >= 0.6 is 11.3 Å². The fourth-order valence-electron chi connectivity index (χ4n) is 8.19. The lowest BCUT2D eigenvalue weighted by Gasteiger charge is -2.41. The summed E-state index contributed by atoms with van der Waals surface area (Å²) in [5.41, 5.74) is 10.4. The lowest BCUT2D eigenvalue weighted by molar-refractivity contribution is -0.147. The molecule has 16 heteroatoms. The summed E-state index contributed by atoms with van der Waals surface area (Å²) in [7, 11) is 8.33. The molecule has 2 aromatic rings. The highest BCUT2D eigenvalue weighted by Crippen LogP contribution is 2.30. The number of nitrogens with zero attached hydrogens (tertiary/aromatic N) is 7. The maximum Gasteiger partial charge on any atom is 0.245 e. The van der Waals surface area contributed by atoms with Gasteiger partial charge in [-0.05, 0) is 56.3 Å². The number of nitrogens with one attached hydrogen (secondary N) is 2. The number of benzene rings is 1.